The summed E-state index contributed by atoms with van der Waals surface area (Å²) in [6, 6.07) is 5.30. The predicted molar refractivity (Wildman–Crippen MR) is 53.5 cm³/mol. The van der Waals surface area contributed by atoms with Crippen molar-refractivity contribution in [1.82, 2.24) is 0 Å². The van der Waals surface area contributed by atoms with Crippen LogP contribution < -0.4 is 10.1 Å². The lowest BCUT2D eigenvalue weighted by molar-refractivity contribution is -0.274. The van der Waals surface area contributed by atoms with Crippen LogP contribution in [0.1, 0.15) is 0 Å². The summed E-state index contributed by atoms with van der Waals surface area (Å²) in [5, 5.41) is 10.7. The molecule has 0 saturated heterocycles. The molecule has 7 heteroatoms. The standard InChI is InChI=1S/C10H8F3NO3/c11-10(12,13)17-8-4-2-1-3-7(8)14-6-5-9(15)16/h1-6,14H,(H,15,16)/b6-5+. The number of nitrogens with one attached hydrogen (secondary N) is 1. The van der Waals surface area contributed by atoms with Crippen molar-refractivity contribution in [2.75, 3.05) is 5.32 Å². The molecule has 1 aromatic carbocycles. The molecule has 17 heavy (non-hydrogen) atoms. The second kappa shape index (κ2) is 5.24. The van der Waals surface area contributed by atoms with Gasteiger partial charge in [-0.1, -0.05) is 12.1 Å². The number of hydrogen-bond acceptors (Lipinski definition) is 3. The molecule has 0 heterocycles. The highest BCUT2D eigenvalue weighted by molar-refractivity contribution is 5.80. The fourth-order valence-electron chi connectivity index (χ4n) is 1.00. The average Bonchev–Trinajstić information content (AvgIpc) is 2.17. The first kappa shape index (κ1) is 12.9. The van der Waals surface area contributed by atoms with Crippen molar-refractivity contribution in [3.63, 3.8) is 0 Å². The van der Waals surface area contributed by atoms with Crippen molar-refractivity contribution in [3.8, 4) is 5.75 Å². The number of carboxylic acid groups (broad SMARTS) is 1. The molecule has 0 aliphatic rings. The van der Waals surface area contributed by atoms with Crippen molar-refractivity contribution in [2.45, 2.75) is 6.36 Å². The minimum atomic E-state index is -4.80. The number of aliphatic carboxylic acids is 1. The van der Waals surface area contributed by atoms with Crippen molar-refractivity contribution < 1.29 is 27.8 Å². The van der Waals surface area contributed by atoms with Gasteiger partial charge in [-0.05, 0) is 12.1 Å². The third-order valence-corrected chi connectivity index (χ3v) is 1.58. The molecule has 0 aliphatic heterocycles. The number of ether oxygens (including phenoxy) is 1. The second-order valence-corrected chi connectivity index (χ2v) is 2.86. The summed E-state index contributed by atoms with van der Waals surface area (Å²) in [4.78, 5) is 10.2. The quantitative estimate of drug-likeness (QED) is 0.803. The summed E-state index contributed by atoms with van der Waals surface area (Å²) in [6.45, 7) is 0. The SMILES string of the molecule is O=C(O)/C=C/Nc1ccccc1OC(F)(F)F. The van der Waals surface area contributed by atoms with Crippen LogP contribution in [0, 0.1) is 0 Å². The summed E-state index contributed by atoms with van der Waals surface area (Å²) in [6.07, 6.45) is -3.04. The minimum Gasteiger partial charge on any atom is -0.478 e. The van der Waals surface area contributed by atoms with E-state index in [9.17, 15) is 18.0 Å². The van der Waals surface area contributed by atoms with Crippen molar-refractivity contribution in [3.05, 3.63) is 36.5 Å². The number of para-hydroxylation sites is 2. The van der Waals surface area contributed by atoms with E-state index in [1.54, 1.807) is 0 Å². The van der Waals surface area contributed by atoms with Gasteiger partial charge in [0.25, 0.3) is 0 Å². The predicted octanol–water partition coefficient (Wildman–Crippen LogP) is 2.60. The van der Waals surface area contributed by atoms with Crippen LogP contribution >= 0.6 is 0 Å². The van der Waals surface area contributed by atoms with Gasteiger partial charge >= 0.3 is 12.3 Å². The Morgan fingerprint density at radius 3 is 2.59 bits per heavy atom. The van der Waals surface area contributed by atoms with Crippen LogP contribution in [0.15, 0.2) is 36.5 Å². The maximum absolute atomic E-state index is 12.0. The number of rotatable bonds is 4. The Bertz CT molecular complexity index is 429. The Morgan fingerprint density at radius 2 is 2.00 bits per heavy atom. The third kappa shape index (κ3) is 4.92. The van der Waals surface area contributed by atoms with E-state index in [1.807, 2.05) is 0 Å². The molecule has 0 amide bonds. The smallest absolute Gasteiger partial charge is 0.478 e. The highest BCUT2D eigenvalue weighted by Crippen LogP contribution is 2.29. The van der Waals surface area contributed by atoms with Gasteiger partial charge in [0, 0.05) is 12.3 Å². The monoisotopic (exact) mass is 247 g/mol. The van der Waals surface area contributed by atoms with Gasteiger partial charge in [0.2, 0.25) is 0 Å². The highest BCUT2D eigenvalue weighted by Gasteiger charge is 2.31. The first-order valence-electron chi connectivity index (χ1n) is 4.39. The van der Waals surface area contributed by atoms with Crippen LogP contribution in [0.3, 0.4) is 0 Å². The van der Waals surface area contributed by atoms with Gasteiger partial charge in [-0.3, -0.25) is 0 Å². The van der Waals surface area contributed by atoms with Crippen LogP contribution in [-0.2, 0) is 4.79 Å². The minimum absolute atomic E-state index is 0.0160. The molecule has 1 rings (SSSR count). The number of hydrogen-bond donors (Lipinski definition) is 2. The fraction of sp³-hybridized carbons (Fsp3) is 0.100. The molecular weight excluding hydrogens is 239 g/mol. The topological polar surface area (TPSA) is 58.6 Å². The maximum Gasteiger partial charge on any atom is 0.573 e. The van der Waals surface area contributed by atoms with Gasteiger partial charge in [-0.15, -0.1) is 13.2 Å². The highest BCUT2D eigenvalue weighted by atomic mass is 19.4. The van der Waals surface area contributed by atoms with Crippen LogP contribution in [0.25, 0.3) is 0 Å². The maximum atomic E-state index is 12.0. The first-order valence-corrected chi connectivity index (χ1v) is 4.39. The number of alkyl halides is 3. The van der Waals surface area contributed by atoms with Crippen LogP contribution in [0.2, 0.25) is 0 Å². The van der Waals surface area contributed by atoms with Crippen molar-refractivity contribution in [2.24, 2.45) is 0 Å². The molecule has 0 unspecified atom stereocenters. The summed E-state index contributed by atoms with van der Waals surface area (Å²) in [5.74, 6) is -1.65. The normalized spacial score (nSPS) is 11.5. The second-order valence-electron chi connectivity index (χ2n) is 2.86. The van der Waals surface area contributed by atoms with Crippen LogP contribution in [0.5, 0.6) is 5.75 Å². The van der Waals surface area contributed by atoms with E-state index >= 15 is 0 Å². The number of benzene rings is 1. The van der Waals surface area contributed by atoms with E-state index in [4.69, 9.17) is 5.11 Å². The van der Waals surface area contributed by atoms with Crippen LogP contribution in [-0.4, -0.2) is 17.4 Å². The third-order valence-electron chi connectivity index (χ3n) is 1.58. The molecule has 0 fully saturated rings. The van der Waals surface area contributed by atoms with E-state index in [0.29, 0.717) is 0 Å². The Labute approximate surface area is 94.3 Å². The molecule has 0 radical (unpaired) electrons. The van der Waals surface area contributed by atoms with Gasteiger partial charge in [-0.25, -0.2) is 4.79 Å². The lowest BCUT2D eigenvalue weighted by Gasteiger charge is -2.12. The largest absolute Gasteiger partial charge is 0.573 e. The molecule has 0 atom stereocenters. The molecule has 1 aromatic rings. The Balaban J connectivity index is 2.81. The van der Waals surface area contributed by atoms with Gasteiger partial charge in [-0.2, -0.15) is 0 Å². The summed E-state index contributed by atoms with van der Waals surface area (Å²) >= 11 is 0. The van der Waals surface area contributed by atoms with E-state index in [-0.39, 0.29) is 5.69 Å². The van der Waals surface area contributed by atoms with Crippen molar-refractivity contribution in [1.29, 1.82) is 0 Å². The molecule has 4 nitrogen and oxygen atoms in total. The summed E-state index contributed by atoms with van der Waals surface area (Å²) in [7, 11) is 0. The molecule has 0 spiro atoms. The van der Waals surface area contributed by atoms with E-state index in [0.717, 1.165) is 18.3 Å². The molecule has 0 aromatic heterocycles. The summed E-state index contributed by atoms with van der Waals surface area (Å²) < 4.78 is 39.8. The van der Waals surface area contributed by atoms with E-state index in [2.05, 4.69) is 10.1 Å². The molecule has 92 valence electrons. The lowest BCUT2D eigenvalue weighted by atomic mass is 10.3. The Morgan fingerprint density at radius 1 is 1.35 bits per heavy atom. The fourth-order valence-corrected chi connectivity index (χ4v) is 1.00. The van der Waals surface area contributed by atoms with E-state index in [1.165, 1.54) is 18.2 Å². The zero-order valence-electron chi connectivity index (χ0n) is 8.36. The Kier molecular flexibility index (Phi) is 3.97. The number of carbonyl (C=O) groups is 1. The first-order chi connectivity index (χ1) is 7.88. The zero-order valence-corrected chi connectivity index (χ0v) is 8.36. The molecule has 0 bridgehead atoms. The number of anilines is 1. The summed E-state index contributed by atoms with van der Waals surface area (Å²) in [5.41, 5.74) is 0.0160. The van der Waals surface area contributed by atoms with Gasteiger partial charge < -0.3 is 15.2 Å². The van der Waals surface area contributed by atoms with Crippen LogP contribution in [0.4, 0.5) is 18.9 Å². The Hall–Kier alpha value is -2.18. The van der Waals surface area contributed by atoms with Gasteiger partial charge in [0.15, 0.2) is 5.75 Å². The molecule has 0 aliphatic carbocycles. The number of carboxylic acids is 1. The van der Waals surface area contributed by atoms with Crippen molar-refractivity contribution >= 4 is 11.7 Å². The molecular formula is C10H8F3NO3. The average molecular weight is 247 g/mol. The molecule has 0 saturated carbocycles. The zero-order chi connectivity index (χ0) is 12.9. The lowest BCUT2D eigenvalue weighted by Crippen LogP contribution is -2.17. The molecule has 2 N–H and O–H groups in total. The van der Waals surface area contributed by atoms with Gasteiger partial charge in [0.1, 0.15) is 0 Å². The van der Waals surface area contributed by atoms with Gasteiger partial charge in [0.05, 0.1) is 5.69 Å². The number of halogens is 3. The van der Waals surface area contributed by atoms with E-state index < -0.39 is 18.1 Å².